The molecule has 21 heavy (non-hydrogen) atoms. The average molecular weight is 303 g/mol. The Balaban J connectivity index is 2.29. The Morgan fingerprint density at radius 3 is 2.62 bits per heavy atom. The van der Waals surface area contributed by atoms with Gasteiger partial charge in [-0.25, -0.2) is 9.78 Å². The molecule has 1 heterocycles. The number of nitrogens with zero attached hydrogens (tertiary/aromatic N) is 1. The van der Waals surface area contributed by atoms with Crippen molar-refractivity contribution >= 4 is 17.3 Å². The topological polar surface area (TPSA) is 39.2 Å². The number of ether oxygens (including phenoxy) is 1. The summed E-state index contributed by atoms with van der Waals surface area (Å²) in [7, 11) is 0. The predicted molar refractivity (Wildman–Crippen MR) is 86.7 cm³/mol. The molecule has 0 saturated heterocycles. The summed E-state index contributed by atoms with van der Waals surface area (Å²) in [6, 6.07) is 10.0. The quantitative estimate of drug-likeness (QED) is 0.549. The molecule has 0 bridgehead atoms. The number of carbonyl (C=O) groups is 1. The number of aryl methyl sites for hydroxylation is 1. The fourth-order valence-corrected chi connectivity index (χ4v) is 3.18. The van der Waals surface area contributed by atoms with Crippen LogP contribution in [0, 0.1) is 0 Å². The van der Waals surface area contributed by atoms with Crippen molar-refractivity contribution in [2.75, 3.05) is 6.61 Å². The fourth-order valence-electron chi connectivity index (χ4n) is 2.16. The molecule has 0 spiro atoms. The maximum atomic E-state index is 11.9. The van der Waals surface area contributed by atoms with Crippen LogP contribution in [0.1, 0.15) is 47.8 Å². The summed E-state index contributed by atoms with van der Waals surface area (Å²) in [5.74, 6) is -0.318. The van der Waals surface area contributed by atoms with Crippen LogP contribution in [0.3, 0.4) is 0 Å². The molecule has 1 aromatic heterocycles. The van der Waals surface area contributed by atoms with E-state index in [-0.39, 0.29) is 5.97 Å². The number of hydrogen-bond acceptors (Lipinski definition) is 4. The molecule has 0 atom stereocenters. The molecule has 0 radical (unpaired) electrons. The highest BCUT2D eigenvalue weighted by Crippen LogP contribution is 2.30. The van der Waals surface area contributed by atoms with Gasteiger partial charge in [0.05, 0.1) is 12.3 Å². The summed E-state index contributed by atoms with van der Waals surface area (Å²) in [5, 5.41) is 0.460. The number of hydrogen-bond donors (Lipinski definition) is 0. The zero-order valence-electron chi connectivity index (χ0n) is 12.6. The first-order valence-electron chi connectivity index (χ1n) is 7.48. The SMILES string of the molecule is CCCCCc1sc(C(=O)OCC)nc1-c1ccccc1. The third kappa shape index (κ3) is 4.14. The first kappa shape index (κ1) is 15.7. The molecule has 2 rings (SSSR count). The second-order valence-corrected chi connectivity index (χ2v) is 5.92. The summed E-state index contributed by atoms with van der Waals surface area (Å²) < 4.78 is 5.07. The molecule has 3 nitrogen and oxygen atoms in total. The Morgan fingerprint density at radius 2 is 1.95 bits per heavy atom. The second kappa shape index (κ2) is 7.93. The summed E-state index contributed by atoms with van der Waals surface area (Å²) in [6.07, 6.45) is 4.47. The molecule has 0 N–H and O–H groups in total. The Bertz CT molecular complexity index is 578. The van der Waals surface area contributed by atoms with Gasteiger partial charge in [-0.3, -0.25) is 0 Å². The van der Waals surface area contributed by atoms with Gasteiger partial charge in [-0.1, -0.05) is 50.1 Å². The number of benzene rings is 1. The van der Waals surface area contributed by atoms with Crippen molar-refractivity contribution in [3.8, 4) is 11.3 Å². The highest BCUT2D eigenvalue weighted by molar-refractivity contribution is 7.14. The van der Waals surface area contributed by atoms with Crippen molar-refractivity contribution in [1.29, 1.82) is 0 Å². The first-order chi connectivity index (χ1) is 10.3. The van der Waals surface area contributed by atoms with Crippen LogP contribution in [0.5, 0.6) is 0 Å². The Kier molecular flexibility index (Phi) is 5.93. The van der Waals surface area contributed by atoms with E-state index in [0.29, 0.717) is 11.6 Å². The lowest BCUT2D eigenvalue weighted by molar-refractivity contribution is 0.0526. The van der Waals surface area contributed by atoms with Crippen LogP contribution in [-0.2, 0) is 11.2 Å². The average Bonchev–Trinajstić information content (AvgIpc) is 2.93. The molecule has 0 unspecified atom stereocenters. The molecule has 4 heteroatoms. The third-order valence-corrected chi connectivity index (χ3v) is 4.30. The van der Waals surface area contributed by atoms with Gasteiger partial charge >= 0.3 is 5.97 Å². The number of rotatable bonds is 7. The van der Waals surface area contributed by atoms with E-state index < -0.39 is 0 Å². The van der Waals surface area contributed by atoms with Crippen molar-refractivity contribution in [2.24, 2.45) is 0 Å². The van der Waals surface area contributed by atoms with Gasteiger partial charge < -0.3 is 4.74 Å². The zero-order valence-corrected chi connectivity index (χ0v) is 13.4. The maximum absolute atomic E-state index is 11.9. The van der Waals surface area contributed by atoms with Crippen LogP contribution in [-0.4, -0.2) is 17.6 Å². The van der Waals surface area contributed by atoms with Crippen molar-refractivity contribution in [2.45, 2.75) is 39.5 Å². The van der Waals surface area contributed by atoms with E-state index in [0.717, 1.165) is 24.1 Å². The zero-order chi connectivity index (χ0) is 15.1. The smallest absolute Gasteiger partial charge is 0.367 e. The van der Waals surface area contributed by atoms with Gasteiger partial charge in [0.15, 0.2) is 0 Å². The highest BCUT2D eigenvalue weighted by atomic mass is 32.1. The highest BCUT2D eigenvalue weighted by Gasteiger charge is 2.18. The van der Waals surface area contributed by atoms with E-state index in [2.05, 4.69) is 11.9 Å². The van der Waals surface area contributed by atoms with Gasteiger partial charge in [0.2, 0.25) is 5.01 Å². The van der Waals surface area contributed by atoms with Crippen LogP contribution in [0.15, 0.2) is 30.3 Å². The van der Waals surface area contributed by atoms with Crippen LogP contribution < -0.4 is 0 Å². The largest absolute Gasteiger partial charge is 0.461 e. The molecule has 1 aromatic carbocycles. The van der Waals surface area contributed by atoms with Crippen LogP contribution in [0.2, 0.25) is 0 Å². The van der Waals surface area contributed by atoms with E-state index in [1.807, 2.05) is 37.3 Å². The lowest BCUT2D eigenvalue weighted by Crippen LogP contribution is -2.03. The number of carbonyl (C=O) groups excluding carboxylic acids is 1. The van der Waals surface area contributed by atoms with Crippen molar-refractivity contribution < 1.29 is 9.53 Å². The molecule has 112 valence electrons. The van der Waals surface area contributed by atoms with Crippen molar-refractivity contribution in [1.82, 2.24) is 4.98 Å². The summed E-state index contributed by atoms with van der Waals surface area (Å²) >= 11 is 1.47. The third-order valence-electron chi connectivity index (χ3n) is 3.20. The number of esters is 1. The molecular formula is C17H21NO2S. The van der Waals surface area contributed by atoms with Crippen molar-refractivity contribution in [3.05, 3.63) is 40.2 Å². The van der Waals surface area contributed by atoms with E-state index in [4.69, 9.17) is 4.74 Å². The van der Waals surface area contributed by atoms with Gasteiger partial charge in [0.1, 0.15) is 0 Å². The summed E-state index contributed by atoms with van der Waals surface area (Å²) in [4.78, 5) is 17.6. The van der Waals surface area contributed by atoms with Gasteiger partial charge in [0, 0.05) is 10.4 Å². The monoisotopic (exact) mass is 303 g/mol. The van der Waals surface area contributed by atoms with E-state index >= 15 is 0 Å². The Morgan fingerprint density at radius 1 is 1.19 bits per heavy atom. The minimum atomic E-state index is -0.318. The maximum Gasteiger partial charge on any atom is 0.367 e. The van der Waals surface area contributed by atoms with Gasteiger partial charge in [-0.2, -0.15) is 0 Å². The van der Waals surface area contributed by atoms with Gasteiger partial charge in [-0.05, 0) is 19.8 Å². The normalized spacial score (nSPS) is 10.6. The molecule has 0 aliphatic heterocycles. The molecule has 0 amide bonds. The summed E-state index contributed by atoms with van der Waals surface area (Å²) in [6.45, 7) is 4.38. The minimum absolute atomic E-state index is 0.318. The van der Waals surface area contributed by atoms with E-state index in [1.54, 1.807) is 0 Å². The molecule has 0 saturated carbocycles. The molecular weight excluding hydrogens is 282 g/mol. The van der Waals surface area contributed by atoms with Crippen LogP contribution in [0.25, 0.3) is 11.3 Å². The lowest BCUT2D eigenvalue weighted by Gasteiger charge is -2.01. The van der Waals surface area contributed by atoms with Crippen molar-refractivity contribution in [3.63, 3.8) is 0 Å². The van der Waals surface area contributed by atoms with Gasteiger partial charge in [0.25, 0.3) is 0 Å². The summed E-state index contributed by atoms with van der Waals surface area (Å²) in [5.41, 5.74) is 2.00. The molecule has 0 fully saturated rings. The molecule has 0 aliphatic carbocycles. The van der Waals surface area contributed by atoms with Crippen LogP contribution in [0.4, 0.5) is 0 Å². The molecule has 0 aliphatic rings. The first-order valence-corrected chi connectivity index (χ1v) is 8.30. The predicted octanol–water partition coefficient (Wildman–Crippen LogP) is 4.72. The van der Waals surface area contributed by atoms with E-state index in [9.17, 15) is 4.79 Å². The standard InChI is InChI=1S/C17H21NO2S/c1-3-5-7-12-14-15(13-10-8-6-9-11-13)18-16(21-14)17(19)20-4-2/h6,8-11H,3-5,7,12H2,1-2H3. The molecule has 2 aromatic rings. The lowest BCUT2D eigenvalue weighted by atomic mass is 10.1. The number of thiazole rings is 1. The Hall–Kier alpha value is -1.68. The van der Waals surface area contributed by atoms with Gasteiger partial charge in [-0.15, -0.1) is 11.3 Å². The Labute approximate surface area is 130 Å². The second-order valence-electron chi connectivity index (χ2n) is 4.83. The fraction of sp³-hybridized carbons (Fsp3) is 0.412. The van der Waals surface area contributed by atoms with Crippen LogP contribution >= 0.6 is 11.3 Å². The minimum Gasteiger partial charge on any atom is -0.461 e. The number of unbranched alkanes of at least 4 members (excludes halogenated alkanes) is 2. The number of aromatic nitrogens is 1. The van der Waals surface area contributed by atoms with E-state index in [1.165, 1.54) is 29.1 Å².